The van der Waals surface area contributed by atoms with E-state index in [1.807, 2.05) is 20.0 Å². The second-order valence-corrected chi connectivity index (χ2v) is 5.91. The van der Waals surface area contributed by atoms with Crippen molar-refractivity contribution in [3.63, 3.8) is 0 Å². The van der Waals surface area contributed by atoms with Gasteiger partial charge in [-0.1, -0.05) is 13.8 Å². The van der Waals surface area contributed by atoms with E-state index < -0.39 is 0 Å². The van der Waals surface area contributed by atoms with E-state index >= 15 is 0 Å². The zero-order valence-electron chi connectivity index (χ0n) is 13.9. The van der Waals surface area contributed by atoms with Gasteiger partial charge in [0, 0.05) is 30.6 Å². The minimum atomic E-state index is -0.113. The topological polar surface area (TPSA) is 73.0 Å². The molecular weight excluding hydrogens is 278 g/mol. The van der Waals surface area contributed by atoms with Crippen molar-refractivity contribution < 1.29 is 4.79 Å². The van der Waals surface area contributed by atoms with Crippen molar-refractivity contribution in [3.05, 3.63) is 35.4 Å². The molecule has 0 saturated carbocycles. The average molecular weight is 303 g/mol. The minimum absolute atomic E-state index is 0.113. The summed E-state index contributed by atoms with van der Waals surface area (Å²) in [6.07, 6.45) is 5.56. The molecule has 0 aliphatic carbocycles. The molecule has 1 amide bonds. The summed E-state index contributed by atoms with van der Waals surface area (Å²) in [5.74, 6) is 0.419. The third-order valence-electron chi connectivity index (χ3n) is 4.01. The maximum atomic E-state index is 12.1. The molecule has 6 nitrogen and oxygen atoms in total. The number of rotatable bonds is 5. The molecule has 1 atom stereocenters. The number of allylic oxidation sites excluding steroid dienone is 2. The van der Waals surface area contributed by atoms with Crippen molar-refractivity contribution in [2.45, 2.75) is 40.7 Å². The zero-order valence-corrected chi connectivity index (χ0v) is 13.9. The van der Waals surface area contributed by atoms with E-state index in [2.05, 4.69) is 52.9 Å². The summed E-state index contributed by atoms with van der Waals surface area (Å²) in [4.78, 5) is 12.1. The molecule has 120 valence electrons. The van der Waals surface area contributed by atoms with Gasteiger partial charge in [-0.3, -0.25) is 14.9 Å². The molecule has 1 aromatic rings. The van der Waals surface area contributed by atoms with Gasteiger partial charge in [0.25, 0.3) is 5.91 Å². The highest BCUT2D eigenvalue weighted by molar-refractivity contribution is 5.99. The van der Waals surface area contributed by atoms with Crippen molar-refractivity contribution in [1.82, 2.24) is 25.9 Å². The van der Waals surface area contributed by atoms with Crippen molar-refractivity contribution in [2.24, 2.45) is 5.92 Å². The van der Waals surface area contributed by atoms with Crippen LogP contribution < -0.4 is 10.7 Å². The van der Waals surface area contributed by atoms with Gasteiger partial charge < -0.3 is 10.7 Å². The molecule has 0 saturated heterocycles. The zero-order chi connectivity index (χ0) is 16.3. The van der Waals surface area contributed by atoms with Crippen LogP contribution in [0.15, 0.2) is 24.2 Å². The fourth-order valence-corrected chi connectivity index (χ4v) is 2.31. The fraction of sp³-hybridized carbons (Fsp3) is 0.500. The Morgan fingerprint density at radius 3 is 2.73 bits per heavy atom. The highest BCUT2D eigenvalue weighted by atomic mass is 16.1. The first-order chi connectivity index (χ1) is 10.5. The van der Waals surface area contributed by atoms with Crippen molar-refractivity contribution in [2.75, 3.05) is 6.54 Å². The Kier molecular flexibility index (Phi) is 4.90. The quantitative estimate of drug-likeness (QED) is 0.780. The number of hydrogen-bond donors (Lipinski definition) is 3. The van der Waals surface area contributed by atoms with Crippen LogP contribution in [0.2, 0.25) is 0 Å². The van der Waals surface area contributed by atoms with Crippen LogP contribution >= 0.6 is 0 Å². The molecule has 0 fully saturated rings. The van der Waals surface area contributed by atoms with Gasteiger partial charge in [-0.05, 0) is 32.3 Å². The second-order valence-electron chi connectivity index (χ2n) is 5.91. The number of nitrogens with one attached hydrogen (secondary N) is 3. The van der Waals surface area contributed by atoms with Crippen LogP contribution in [0.4, 0.5) is 0 Å². The summed E-state index contributed by atoms with van der Waals surface area (Å²) in [6, 6.07) is 0.373. The SMILES string of the molecule is CCNC(=O)c1cn[nH]c1C1=CNN(C(C)C(C)C)C=C1C. The highest BCUT2D eigenvalue weighted by Crippen LogP contribution is 2.27. The van der Waals surface area contributed by atoms with E-state index in [0.29, 0.717) is 24.1 Å². The lowest BCUT2D eigenvalue weighted by molar-refractivity contribution is 0.0955. The molecule has 6 heteroatoms. The van der Waals surface area contributed by atoms with E-state index in [-0.39, 0.29) is 5.91 Å². The summed E-state index contributed by atoms with van der Waals surface area (Å²) in [7, 11) is 0. The first-order valence-corrected chi connectivity index (χ1v) is 7.71. The standard InChI is InChI=1S/C16H25N5O/c1-6-17-16(22)14-7-18-20-15(14)13-8-19-21(9-11(13)4)12(5)10(2)3/h7-10,12,19H,6H2,1-5H3,(H,17,22)(H,18,20). The predicted octanol–water partition coefficient (Wildman–Crippen LogP) is 2.27. The third-order valence-corrected chi connectivity index (χ3v) is 4.01. The molecule has 2 heterocycles. The minimum Gasteiger partial charge on any atom is -0.352 e. The molecule has 0 bridgehead atoms. The van der Waals surface area contributed by atoms with Gasteiger partial charge in [-0.2, -0.15) is 5.10 Å². The Morgan fingerprint density at radius 2 is 2.14 bits per heavy atom. The first kappa shape index (κ1) is 16.1. The average Bonchev–Trinajstić information content (AvgIpc) is 2.95. The number of hydrogen-bond acceptors (Lipinski definition) is 4. The Bertz CT molecular complexity index is 599. The van der Waals surface area contributed by atoms with Gasteiger partial charge in [0.2, 0.25) is 0 Å². The lowest BCUT2D eigenvalue weighted by Gasteiger charge is -2.34. The van der Waals surface area contributed by atoms with Crippen LogP contribution in [0.25, 0.3) is 5.57 Å². The van der Waals surface area contributed by atoms with E-state index in [0.717, 1.165) is 16.8 Å². The summed E-state index contributed by atoms with van der Waals surface area (Å²) >= 11 is 0. The Hall–Kier alpha value is -2.24. The number of carbonyl (C=O) groups is 1. The molecule has 22 heavy (non-hydrogen) atoms. The first-order valence-electron chi connectivity index (χ1n) is 7.71. The maximum absolute atomic E-state index is 12.1. The number of H-pyrrole nitrogens is 1. The number of hydrazine groups is 1. The molecule has 1 aliphatic rings. The van der Waals surface area contributed by atoms with Gasteiger partial charge in [-0.25, -0.2) is 0 Å². The van der Waals surface area contributed by atoms with Gasteiger partial charge in [0.05, 0.1) is 17.5 Å². The molecular formula is C16H25N5O. The van der Waals surface area contributed by atoms with Crippen molar-refractivity contribution in [1.29, 1.82) is 0 Å². The van der Waals surface area contributed by atoms with Gasteiger partial charge >= 0.3 is 0 Å². The summed E-state index contributed by atoms with van der Waals surface area (Å²) in [6.45, 7) is 11.1. The Labute approximate surface area is 131 Å². The van der Waals surface area contributed by atoms with E-state index in [9.17, 15) is 4.79 Å². The van der Waals surface area contributed by atoms with Crippen LogP contribution in [0.1, 0.15) is 50.7 Å². The number of aromatic amines is 1. The highest BCUT2D eigenvalue weighted by Gasteiger charge is 2.22. The van der Waals surface area contributed by atoms with Crippen LogP contribution in [0.3, 0.4) is 0 Å². The largest absolute Gasteiger partial charge is 0.352 e. The summed E-state index contributed by atoms with van der Waals surface area (Å²) in [5, 5.41) is 11.9. The molecule has 1 unspecified atom stereocenters. The molecule has 0 aromatic carbocycles. The third kappa shape index (κ3) is 3.16. The Balaban J connectivity index is 2.24. The number of nitrogens with zero attached hydrogens (tertiary/aromatic N) is 2. The molecule has 0 radical (unpaired) electrons. The van der Waals surface area contributed by atoms with Crippen molar-refractivity contribution >= 4 is 11.5 Å². The van der Waals surface area contributed by atoms with Gasteiger partial charge in [-0.15, -0.1) is 0 Å². The Morgan fingerprint density at radius 1 is 1.41 bits per heavy atom. The van der Waals surface area contributed by atoms with Crippen molar-refractivity contribution in [3.8, 4) is 0 Å². The lowest BCUT2D eigenvalue weighted by atomic mass is 10.0. The molecule has 1 aromatic heterocycles. The van der Waals surface area contributed by atoms with Crippen LogP contribution in [0.5, 0.6) is 0 Å². The van der Waals surface area contributed by atoms with Crippen LogP contribution in [-0.2, 0) is 0 Å². The monoisotopic (exact) mass is 303 g/mol. The van der Waals surface area contributed by atoms with Gasteiger partial charge in [0.15, 0.2) is 0 Å². The predicted molar refractivity (Wildman–Crippen MR) is 87.6 cm³/mol. The maximum Gasteiger partial charge on any atom is 0.255 e. The van der Waals surface area contributed by atoms with Crippen LogP contribution in [0, 0.1) is 5.92 Å². The number of aromatic nitrogens is 2. The molecule has 2 rings (SSSR count). The molecule has 0 spiro atoms. The smallest absolute Gasteiger partial charge is 0.255 e. The lowest BCUT2D eigenvalue weighted by Crippen LogP contribution is -2.42. The van der Waals surface area contributed by atoms with E-state index in [1.165, 1.54) is 0 Å². The summed E-state index contributed by atoms with van der Waals surface area (Å²) in [5.41, 5.74) is 6.62. The van der Waals surface area contributed by atoms with Gasteiger partial charge in [0.1, 0.15) is 0 Å². The number of carbonyl (C=O) groups excluding carboxylic acids is 1. The van der Waals surface area contributed by atoms with E-state index in [1.54, 1.807) is 6.20 Å². The van der Waals surface area contributed by atoms with Crippen LogP contribution in [-0.4, -0.2) is 33.7 Å². The van der Waals surface area contributed by atoms with E-state index in [4.69, 9.17) is 0 Å². The molecule has 1 aliphatic heterocycles. The summed E-state index contributed by atoms with van der Waals surface area (Å²) < 4.78 is 0. The molecule has 3 N–H and O–H groups in total. The second kappa shape index (κ2) is 6.68. The normalized spacial score (nSPS) is 16.0. The number of amides is 1. The fourth-order valence-electron chi connectivity index (χ4n) is 2.31.